The molecule has 142 valence electrons. The third-order valence-electron chi connectivity index (χ3n) is 4.57. The van der Waals surface area contributed by atoms with Crippen molar-refractivity contribution in [2.75, 3.05) is 31.5 Å². The number of primary amides is 1. The van der Waals surface area contributed by atoms with Gasteiger partial charge in [0.2, 0.25) is 11.8 Å². The number of amides is 2. The van der Waals surface area contributed by atoms with Gasteiger partial charge in [-0.2, -0.15) is 0 Å². The molecule has 1 aromatic heterocycles. The highest BCUT2D eigenvalue weighted by atomic mass is 35.5. The number of rotatable bonds is 6. The van der Waals surface area contributed by atoms with Crippen molar-refractivity contribution in [3.8, 4) is 0 Å². The summed E-state index contributed by atoms with van der Waals surface area (Å²) in [7, 11) is 0. The van der Waals surface area contributed by atoms with Crippen molar-refractivity contribution in [3.05, 3.63) is 58.9 Å². The highest BCUT2D eigenvalue weighted by molar-refractivity contribution is 6.34. The maximum Gasteiger partial charge on any atom is 0.250 e. The Morgan fingerprint density at radius 3 is 2.93 bits per heavy atom. The second-order valence-electron chi connectivity index (χ2n) is 6.40. The van der Waals surface area contributed by atoms with Crippen LogP contribution in [0.25, 0.3) is 0 Å². The minimum Gasteiger partial charge on any atom is -0.366 e. The van der Waals surface area contributed by atoms with E-state index in [1.807, 2.05) is 12.3 Å². The molecule has 1 fully saturated rings. The summed E-state index contributed by atoms with van der Waals surface area (Å²) >= 11 is 6.02. The van der Waals surface area contributed by atoms with E-state index < -0.39 is 5.91 Å². The number of piperazine rings is 1. The molecule has 2 aromatic rings. The van der Waals surface area contributed by atoms with Gasteiger partial charge >= 0.3 is 0 Å². The van der Waals surface area contributed by atoms with E-state index in [0.717, 1.165) is 25.2 Å². The van der Waals surface area contributed by atoms with Crippen molar-refractivity contribution in [1.29, 1.82) is 0 Å². The molecule has 1 aromatic carbocycles. The van der Waals surface area contributed by atoms with Crippen LogP contribution in [-0.4, -0.2) is 47.9 Å². The van der Waals surface area contributed by atoms with Gasteiger partial charge in [-0.1, -0.05) is 17.7 Å². The smallest absolute Gasteiger partial charge is 0.250 e. The summed E-state index contributed by atoms with van der Waals surface area (Å²) in [6.45, 7) is 3.23. The fraction of sp³-hybridized carbons (Fsp3) is 0.316. The van der Waals surface area contributed by atoms with Crippen molar-refractivity contribution in [3.63, 3.8) is 0 Å². The Kier molecular flexibility index (Phi) is 6.39. The maximum atomic E-state index is 12.3. The Bertz CT molecular complexity index is 815. The van der Waals surface area contributed by atoms with E-state index in [-0.39, 0.29) is 22.5 Å². The Hall–Kier alpha value is -2.48. The minimum atomic E-state index is -0.599. The first-order valence-corrected chi connectivity index (χ1v) is 9.16. The second kappa shape index (κ2) is 8.94. The van der Waals surface area contributed by atoms with Crippen LogP contribution in [0, 0.1) is 0 Å². The van der Waals surface area contributed by atoms with E-state index in [4.69, 9.17) is 17.3 Å². The molecule has 0 spiro atoms. The number of pyridine rings is 1. The quantitative estimate of drug-likeness (QED) is 0.701. The van der Waals surface area contributed by atoms with Crippen LogP contribution in [-0.2, 0) is 4.79 Å². The van der Waals surface area contributed by atoms with Gasteiger partial charge in [-0.15, -0.1) is 0 Å². The van der Waals surface area contributed by atoms with Crippen molar-refractivity contribution in [2.24, 2.45) is 5.73 Å². The van der Waals surface area contributed by atoms with Crippen molar-refractivity contribution >= 4 is 29.1 Å². The van der Waals surface area contributed by atoms with Gasteiger partial charge in [0.25, 0.3) is 0 Å². The first-order valence-electron chi connectivity index (χ1n) is 8.78. The molecule has 27 heavy (non-hydrogen) atoms. The molecule has 2 amide bonds. The third kappa shape index (κ3) is 5.03. The molecule has 7 nitrogen and oxygen atoms in total. The molecular weight excluding hydrogens is 366 g/mol. The summed E-state index contributed by atoms with van der Waals surface area (Å²) in [6.07, 6.45) is 3.98. The average Bonchev–Trinajstić information content (AvgIpc) is 2.67. The van der Waals surface area contributed by atoms with Crippen LogP contribution in [0.15, 0.2) is 42.7 Å². The zero-order chi connectivity index (χ0) is 19.2. The van der Waals surface area contributed by atoms with Gasteiger partial charge in [-0.25, -0.2) is 0 Å². The lowest BCUT2D eigenvalue weighted by Gasteiger charge is -2.36. The molecule has 0 aliphatic carbocycles. The number of halogens is 1. The fourth-order valence-corrected chi connectivity index (χ4v) is 3.45. The SMILES string of the molecule is NC(=O)c1ccc(NC(=O)CCN2CCNCC2c2cccnc2)cc1Cl. The summed E-state index contributed by atoms with van der Waals surface area (Å²) in [4.78, 5) is 30.0. The van der Waals surface area contributed by atoms with Crippen LogP contribution in [0.2, 0.25) is 5.02 Å². The van der Waals surface area contributed by atoms with Gasteiger partial charge in [0.15, 0.2) is 0 Å². The zero-order valence-corrected chi connectivity index (χ0v) is 15.6. The van der Waals surface area contributed by atoms with Crippen LogP contribution in [0.5, 0.6) is 0 Å². The standard InChI is InChI=1S/C19H22ClN5O2/c20-16-10-14(3-4-15(16)19(21)27)24-18(26)5-8-25-9-7-23-12-17(25)13-2-1-6-22-11-13/h1-4,6,10-11,17,23H,5,7-9,12H2,(H2,21,27)(H,24,26). The first kappa shape index (κ1) is 19.3. The van der Waals surface area contributed by atoms with Gasteiger partial charge < -0.3 is 16.4 Å². The molecule has 1 atom stereocenters. The van der Waals surface area contributed by atoms with Crippen molar-refractivity contribution in [2.45, 2.75) is 12.5 Å². The number of carbonyl (C=O) groups is 2. The number of nitrogens with two attached hydrogens (primary N) is 1. The van der Waals surface area contributed by atoms with Gasteiger partial charge in [0.05, 0.1) is 10.6 Å². The lowest BCUT2D eigenvalue weighted by molar-refractivity contribution is -0.116. The molecule has 0 bridgehead atoms. The first-order chi connectivity index (χ1) is 13.0. The van der Waals surface area contributed by atoms with E-state index in [9.17, 15) is 9.59 Å². The van der Waals surface area contributed by atoms with Crippen LogP contribution in [0.3, 0.4) is 0 Å². The Morgan fingerprint density at radius 1 is 1.37 bits per heavy atom. The molecular formula is C19H22ClN5O2. The second-order valence-corrected chi connectivity index (χ2v) is 6.81. The zero-order valence-electron chi connectivity index (χ0n) is 14.8. The third-order valence-corrected chi connectivity index (χ3v) is 4.88. The van der Waals surface area contributed by atoms with Crippen LogP contribution in [0.1, 0.15) is 28.4 Å². The van der Waals surface area contributed by atoms with Gasteiger partial charge in [-0.3, -0.25) is 19.5 Å². The average molecular weight is 388 g/mol. The summed E-state index contributed by atoms with van der Waals surface area (Å²) in [5, 5.41) is 6.42. The highest BCUT2D eigenvalue weighted by Gasteiger charge is 2.24. The summed E-state index contributed by atoms with van der Waals surface area (Å²) in [5.41, 5.74) is 7.14. The number of nitrogens with zero attached hydrogens (tertiary/aromatic N) is 2. The number of hydrogen-bond donors (Lipinski definition) is 3. The number of nitrogens with one attached hydrogen (secondary N) is 2. The molecule has 1 aliphatic heterocycles. The predicted octanol–water partition coefficient (Wildman–Crippen LogP) is 1.81. The van der Waals surface area contributed by atoms with E-state index in [1.54, 1.807) is 12.3 Å². The molecule has 1 saturated heterocycles. The van der Waals surface area contributed by atoms with E-state index in [0.29, 0.717) is 18.7 Å². The number of anilines is 1. The van der Waals surface area contributed by atoms with Gasteiger partial charge in [-0.05, 0) is 29.8 Å². The van der Waals surface area contributed by atoms with Crippen LogP contribution >= 0.6 is 11.6 Å². The highest BCUT2D eigenvalue weighted by Crippen LogP contribution is 2.23. The largest absolute Gasteiger partial charge is 0.366 e. The van der Waals surface area contributed by atoms with E-state index in [1.165, 1.54) is 12.1 Å². The van der Waals surface area contributed by atoms with Crippen LogP contribution < -0.4 is 16.4 Å². The lowest BCUT2D eigenvalue weighted by atomic mass is 10.1. The number of hydrogen-bond acceptors (Lipinski definition) is 5. The summed E-state index contributed by atoms with van der Waals surface area (Å²) < 4.78 is 0. The monoisotopic (exact) mass is 387 g/mol. The number of aromatic nitrogens is 1. The van der Waals surface area contributed by atoms with Crippen molar-refractivity contribution in [1.82, 2.24) is 15.2 Å². The molecule has 4 N–H and O–H groups in total. The minimum absolute atomic E-state index is 0.110. The van der Waals surface area contributed by atoms with E-state index in [2.05, 4.69) is 26.6 Å². The van der Waals surface area contributed by atoms with Crippen molar-refractivity contribution < 1.29 is 9.59 Å². The summed E-state index contributed by atoms with van der Waals surface area (Å²) in [5.74, 6) is -0.709. The maximum absolute atomic E-state index is 12.3. The topological polar surface area (TPSA) is 100 Å². The fourth-order valence-electron chi connectivity index (χ4n) is 3.18. The summed E-state index contributed by atoms with van der Waals surface area (Å²) in [6, 6.07) is 8.84. The van der Waals surface area contributed by atoms with E-state index >= 15 is 0 Å². The Labute approximate surface area is 162 Å². The van der Waals surface area contributed by atoms with Gasteiger partial charge in [0.1, 0.15) is 0 Å². The lowest BCUT2D eigenvalue weighted by Crippen LogP contribution is -2.46. The molecule has 0 saturated carbocycles. The molecule has 1 unspecified atom stereocenters. The molecule has 1 aliphatic rings. The molecule has 0 radical (unpaired) electrons. The Balaban J connectivity index is 1.58. The number of benzene rings is 1. The van der Waals surface area contributed by atoms with Crippen LogP contribution in [0.4, 0.5) is 5.69 Å². The predicted molar refractivity (Wildman–Crippen MR) is 105 cm³/mol. The molecule has 3 rings (SSSR count). The van der Waals surface area contributed by atoms with Gasteiger partial charge in [0, 0.05) is 56.7 Å². The normalized spacial score (nSPS) is 17.4. The Morgan fingerprint density at radius 2 is 2.22 bits per heavy atom. The molecule has 8 heteroatoms. The molecule has 2 heterocycles. The number of carbonyl (C=O) groups excluding carboxylic acids is 2.